The number of imide groups is 1. The highest BCUT2D eigenvalue weighted by Crippen LogP contribution is 2.08. The number of benzene rings is 1. The van der Waals surface area contributed by atoms with E-state index >= 15 is 0 Å². The average Bonchev–Trinajstić information content (AvgIpc) is 2.60. The molecule has 1 aliphatic heterocycles. The van der Waals surface area contributed by atoms with Crippen molar-refractivity contribution >= 4 is 17.8 Å². The fourth-order valence-electron chi connectivity index (χ4n) is 2.94. The lowest BCUT2D eigenvalue weighted by Gasteiger charge is -2.34. The van der Waals surface area contributed by atoms with E-state index in [0.717, 1.165) is 39.1 Å². The molecule has 7 nitrogen and oxygen atoms in total. The number of urea groups is 1. The summed E-state index contributed by atoms with van der Waals surface area (Å²) in [6.07, 6.45) is 2.26. The van der Waals surface area contributed by atoms with Crippen LogP contribution in [0.1, 0.15) is 24.8 Å². The Hall–Kier alpha value is -2.41. The molecule has 0 radical (unpaired) electrons. The van der Waals surface area contributed by atoms with Crippen molar-refractivity contribution in [1.29, 1.82) is 0 Å². The van der Waals surface area contributed by atoms with Gasteiger partial charge in [0.15, 0.2) is 0 Å². The quantitative estimate of drug-likeness (QED) is 0.761. The van der Waals surface area contributed by atoms with Gasteiger partial charge in [-0.1, -0.05) is 30.3 Å². The molecule has 1 heterocycles. The number of hydrogen-bond acceptors (Lipinski definition) is 4. The summed E-state index contributed by atoms with van der Waals surface area (Å²) in [7, 11) is 0. The maximum atomic E-state index is 12.3. The summed E-state index contributed by atoms with van der Waals surface area (Å²) < 4.78 is 0. The third kappa shape index (κ3) is 6.93. The lowest BCUT2D eigenvalue weighted by molar-refractivity contribution is -0.132. The van der Waals surface area contributed by atoms with E-state index in [4.69, 9.17) is 5.73 Å². The minimum atomic E-state index is -0.812. The third-order valence-electron chi connectivity index (χ3n) is 4.34. The van der Waals surface area contributed by atoms with Gasteiger partial charge < -0.3 is 10.6 Å². The van der Waals surface area contributed by atoms with Crippen molar-refractivity contribution in [2.75, 3.05) is 32.7 Å². The highest BCUT2D eigenvalue weighted by atomic mass is 16.2. The van der Waals surface area contributed by atoms with E-state index in [2.05, 4.69) is 10.2 Å². The number of nitrogens with one attached hydrogen (secondary N) is 1. The Morgan fingerprint density at radius 1 is 1.00 bits per heavy atom. The standard InChI is InChI=1S/C18H26N4O3/c19-18(25)20-16(23)7-4-10-21-11-13-22(14-12-21)17(24)9-8-15-5-2-1-3-6-15/h1-3,5-6H,4,7-14H2,(H3,19,20,23,25). The smallest absolute Gasteiger partial charge is 0.318 e. The topological polar surface area (TPSA) is 95.7 Å². The zero-order chi connectivity index (χ0) is 18.1. The lowest BCUT2D eigenvalue weighted by atomic mass is 10.1. The van der Waals surface area contributed by atoms with E-state index in [1.54, 1.807) is 0 Å². The number of piperazine rings is 1. The number of carbonyl (C=O) groups is 3. The number of nitrogens with two attached hydrogens (primary N) is 1. The van der Waals surface area contributed by atoms with E-state index < -0.39 is 6.03 Å². The third-order valence-corrected chi connectivity index (χ3v) is 4.34. The number of carbonyl (C=O) groups excluding carboxylic acids is 3. The summed E-state index contributed by atoms with van der Waals surface area (Å²) in [5, 5.41) is 2.06. The summed E-state index contributed by atoms with van der Waals surface area (Å²) in [6, 6.07) is 9.22. The van der Waals surface area contributed by atoms with Gasteiger partial charge in [-0.25, -0.2) is 4.79 Å². The Morgan fingerprint density at radius 3 is 2.32 bits per heavy atom. The highest BCUT2D eigenvalue weighted by molar-refractivity contribution is 5.93. The van der Waals surface area contributed by atoms with Crippen molar-refractivity contribution < 1.29 is 14.4 Å². The van der Waals surface area contributed by atoms with Crippen LogP contribution in [0.5, 0.6) is 0 Å². The maximum absolute atomic E-state index is 12.3. The first-order valence-electron chi connectivity index (χ1n) is 8.68. The van der Waals surface area contributed by atoms with E-state index in [0.29, 0.717) is 12.8 Å². The van der Waals surface area contributed by atoms with Crippen LogP contribution >= 0.6 is 0 Å². The SMILES string of the molecule is NC(=O)NC(=O)CCCN1CCN(C(=O)CCc2ccccc2)CC1. The van der Waals surface area contributed by atoms with Crippen molar-refractivity contribution in [3.8, 4) is 0 Å². The molecule has 1 saturated heterocycles. The second kappa shape index (κ2) is 9.78. The molecule has 4 amide bonds. The van der Waals surface area contributed by atoms with Gasteiger partial charge in [-0.3, -0.25) is 19.8 Å². The molecule has 1 aliphatic rings. The number of nitrogens with zero attached hydrogens (tertiary/aromatic N) is 2. The fourth-order valence-corrected chi connectivity index (χ4v) is 2.94. The van der Waals surface area contributed by atoms with Crippen molar-refractivity contribution in [3.05, 3.63) is 35.9 Å². The van der Waals surface area contributed by atoms with Gasteiger partial charge in [0, 0.05) is 39.0 Å². The number of rotatable bonds is 7. The molecule has 0 bridgehead atoms. The van der Waals surface area contributed by atoms with E-state index in [9.17, 15) is 14.4 Å². The Balaban J connectivity index is 1.61. The lowest BCUT2D eigenvalue weighted by Crippen LogP contribution is -2.49. The molecule has 2 rings (SSSR count). The fraction of sp³-hybridized carbons (Fsp3) is 0.500. The zero-order valence-corrected chi connectivity index (χ0v) is 14.4. The summed E-state index contributed by atoms with van der Waals surface area (Å²) in [5.74, 6) is -0.147. The number of primary amides is 1. The van der Waals surface area contributed by atoms with Gasteiger partial charge in [0.1, 0.15) is 0 Å². The minimum absolute atomic E-state index is 0.198. The van der Waals surface area contributed by atoms with Crippen LogP contribution in [0.15, 0.2) is 30.3 Å². The Labute approximate surface area is 148 Å². The predicted molar refractivity (Wildman–Crippen MR) is 94.7 cm³/mol. The molecule has 1 aromatic rings. The van der Waals surface area contributed by atoms with E-state index in [-0.39, 0.29) is 18.2 Å². The molecule has 1 aromatic carbocycles. The first-order valence-corrected chi connectivity index (χ1v) is 8.68. The first kappa shape index (κ1) is 18.9. The average molecular weight is 346 g/mol. The number of aryl methyl sites for hydroxylation is 1. The normalized spacial score (nSPS) is 15.0. The molecule has 25 heavy (non-hydrogen) atoms. The minimum Gasteiger partial charge on any atom is -0.351 e. The van der Waals surface area contributed by atoms with Gasteiger partial charge in [0.05, 0.1) is 0 Å². The van der Waals surface area contributed by atoms with Crippen LogP contribution in [0.25, 0.3) is 0 Å². The van der Waals surface area contributed by atoms with Crippen molar-refractivity contribution in [1.82, 2.24) is 15.1 Å². The highest BCUT2D eigenvalue weighted by Gasteiger charge is 2.20. The van der Waals surface area contributed by atoms with Crippen molar-refractivity contribution in [2.45, 2.75) is 25.7 Å². The molecule has 0 aromatic heterocycles. The molecule has 3 N–H and O–H groups in total. The second-order valence-corrected chi connectivity index (χ2v) is 6.22. The van der Waals surface area contributed by atoms with Gasteiger partial charge in [0.2, 0.25) is 11.8 Å². The molecule has 0 aliphatic carbocycles. The van der Waals surface area contributed by atoms with Crippen LogP contribution in [0.3, 0.4) is 0 Å². The predicted octanol–water partition coefficient (Wildman–Crippen LogP) is 0.739. The van der Waals surface area contributed by atoms with Crippen LogP contribution in [0.2, 0.25) is 0 Å². The van der Waals surface area contributed by atoms with Crippen LogP contribution in [0.4, 0.5) is 4.79 Å². The first-order chi connectivity index (χ1) is 12.0. The molecule has 136 valence electrons. The van der Waals surface area contributed by atoms with Crippen LogP contribution in [0, 0.1) is 0 Å². The maximum Gasteiger partial charge on any atom is 0.318 e. The van der Waals surface area contributed by atoms with Gasteiger partial charge in [-0.05, 0) is 24.9 Å². The Kier molecular flexibility index (Phi) is 7.40. The molecule has 0 unspecified atom stereocenters. The molecule has 0 saturated carbocycles. The van der Waals surface area contributed by atoms with Gasteiger partial charge >= 0.3 is 6.03 Å². The molecular weight excluding hydrogens is 320 g/mol. The Bertz CT molecular complexity index is 583. The van der Waals surface area contributed by atoms with Crippen LogP contribution in [-0.4, -0.2) is 60.4 Å². The zero-order valence-electron chi connectivity index (χ0n) is 14.4. The summed E-state index contributed by atoms with van der Waals surface area (Å²) in [4.78, 5) is 38.3. The van der Waals surface area contributed by atoms with Gasteiger partial charge in [-0.2, -0.15) is 0 Å². The number of hydrogen-bond donors (Lipinski definition) is 2. The Morgan fingerprint density at radius 2 is 1.68 bits per heavy atom. The largest absolute Gasteiger partial charge is 0.351 e. The van der Waals surface area contributed by atoms with Crippen LogP contribution < -0.4 is 11.1 Å². The van der Waals surface area contributed by atoms with Gasteiger partial charge in [0.25, 0.3) is 0 Å². The molecular formula is C18H26N4O3. The van der Waals surface area contributed by atoms with Gasteiger partial charge in [-0.15, -0.1) is 0 Å². The molecule has 7 heteroatoms. The van der Waals surface area contributed by atoms with E-state index in [1.165, 1.54) is 5.56 Å². The summed E-state index contributed by atoms with van der Waals surface area (Å²) >= 11 is 0. The monoisotopic (exact) mass is 346 g/mol. The number of amides is 4. The van der Waals surface area contributed by atoms with Crippen LogP contribution in [-0.2, 0) is 16.0 Å². The van der Waals surface area contributed by atoms with Crippen molar-refractivity contribution in [2.24, 2.45) is 5.73 Å². The molecule has 0 spiro atoms. The summed E-state index contributed by atoms with van der Waals surface area (Å²) in [5.41, 5.74) is 6.08. The molecule has 1 fully saturated rings. The van der Waals surface area contributed by atoms with E-state index in [1.807, 2.05) is 35.2 Å². The summed E-state index contributed by atoms with van der Waals surface area (Å²) in [6.45, 7) is 3.85. The second-order valence-electron chi connectivity index (χ2n) is 6.22. The molecule has 0 atom stereocenters. The van der Waals surface area contributed by atoms with Crippen molar-refractivity contribution in [3.63, 3.8) is 0 Å².